The van der Waals surface area contributed by atoms with Crippen LogP contribution in [0, 0.1) is 0 Å². The molecule has 2 nitrogen and oxygen atoms in total. The van der Waals surface area contributed by atoms with Gasteiger partial charge >= 0.3 is 0 Å². The Labute approximate surface area is 204 Å². The van der Waals surface area contributed by atoms with Crippen LogP contribution in [-0.4, -0.2) is 24.3 Å². The quantitative estimate of drug-likeness (QED) is 0.115. The SMILES string of the molecule is CCCCCCCCCCCCCCCCC(O)CNCCCCCCCCCCCC. The van der Waals surface area contributed by atoms with Crippen molar-refractivity contribution < 1.29 is 5.11 Å². The van der Waals surface area contributed by atoms with Gasteiger partial charge in [-0.2, -0.15) is 0 Å². The van der Waals surface area contributed by atoms with Gasteiger partial charge in [0.1, 0.15) is 0 Å². The molecule has 0 aliphatic carbocycles. The van der Waals surface area contributed by atoms with Crippen LogP contribution >= 0.6 is 0 Å². The number of nitrogens with one attached hydrogen (secondary N) is 1. The predicted octanol–water partition coefficient (Wildman–Crippen LogP) is 9.73. The average Bonchev–Trinajstić information content (AvgIpc) is 2.80. The molecule has 0 aliphatic heterocycles. The Morgan fingerprint density at radius 3 is 1.12 bits per heavy atom. The van der Waals surface area contributed by atoms with Gasteiger partial charge in [-0.25, -0.2) is 0 Å². The molecule has 0 heterocycles. The van der Waals surface area contributed by atoms with Crippen molar-refractivity contribution in [2.75, 3.05) is 13.1 Å². The largest absolute Gasteiger partial charge is 0.392 e. The lowest BCUT2D eigenvalue weighted by atomic mass is 10.0. The van der Waals surface area contributed by atoms with Crippen LogP contribution in [0.4, 0.5) is 0 Å². The standard InChI is InChI=1S/C30H63NO/c1-3-5-7-9-11-13-15-16-17-18-19-21-23-25-27-30(32)29-31-28-26-24-22-20-14-12-10-8-6-4-2/h30-32H,3-29H2,1-2H3. The summed E-state index contributed by atoms with van der Waals surface area (Å²) in [4.78, 5) is 0. The van der Waals surface area contributed by atoms with Gasteiger partial charge in [0.25, 0.3) is 0 Å². The minimum atomic E-state index is -0.143. The van der Waals surface area contributed by atoms with Crippen LogP contribution in [0.5, 0.6) is 0 Å². The van der Waals surface area contributed by atoms with Gasteiger partial charge in [-0.1, -0.05) is 162 Å². The van der Waals surface area contributed by atoms with Gasteiger partial charge in [0.15, 0.2) is 0 Å². The van der Waals surface area contributed by atoms with E-state index >= 15 is 0 Å². The van der Waals surface area contributed by atoms with E-state index in [9.17, 15) is 5.11 Å². The van der Waals surface area contributed by atoms with Crippen molar-refractivity contribution in [1.82, 2.24) is 5.32 Å². The molecular formula is C30H63NO. The Morgan fingerprint density at radius 1 is 0.438 bits per heavy atom. The lowest BCUT2D eigenvalue weighted by molar-refractivity contribution is 0.158. The molecular weight excluding hydrogens is 390 g/mol. The summed E-state index contributed by atoms with van der Waals surface area (Å²) in [5.74, 6) is 0. The molecule has 2 N–H and O–H groups in total. The molecule has 0 aromatic rings. The fraction of sp³-hybridized carbons (Fsp3) is 1.00. The van der Waals surface area contributed by atoms with E-state index in [2.05, 4.69) is 19.2 Å². The summed E-state index contributed by atoms with van der Waals surface area (Å²) in [6, 6.07) is 0. The second-order valence-electron chi connectivity index (χ2n) is 10.4. The summed E-state index contributed by atoms with van der Waals surface area (Å²) in [5, 5.41) is 13.6. The first-order valence-corrected chi connectivity index (χ1v) is 15.2. The van der Waals surface area contributed by atoms with Crippen LogP contribution in [0.25, 0.3) is 0 Å². The molecule has 0 amide bonds. The maximum absolute atomic E-state index is 10.1. The molecule has 0 aromatic carbocycles. The zero-order valence-corrected chi connectivity index (χ0v) is 22.6. The van der Waals surface area contributed by atoms with Gasteiger partial charge in [0.05, 0.1) is 6.10 Å². The Balaban J connectivity index is 3.13. The highest BCUT2D eigenvalue weighted by Crippen LogP contribution is 2.14. The van der Waals surface area contributed by atoms with Crippen molar-refractivity contribution in [1.29, 1.82) is 0 Å². The van der Waals surface area contributed by atoms with Crippen LogP contribution in [0.1, 0.15) is 174 Å². The first-order valence-electron chi connectivity index (χ1n) is 15.2. The van der Waals surface area contributed by atoms with Gasteiger partial charge in [0, 0.05) is 6.54 Å². The minimum absolute atomic E-state index is 0.143. The smallest absolute Gasteiger partial charge is 0.0664 e. The summed E-state index contributed by atoms with van der Waals surface area (Å²) in [6.45, 7) is 6.44. The molecule has 1 unspecified atom stereocenters. The van der Waals surface area contributed by atoms with Crippen LogP contribution in [0.15, 0.2) is 0 Å². The third kappa shape index (κ3) is 28.0. The second-order valence-corrected chi connectivity index (χ2v) is 10.4. The lowest BCUT2D eigenvalue weighted by Gasteiger charge is -2.11. The summed E-state index contributed by atoms with van der Waals surface area (Å²) in [5.41, 5.74) is 0. The molecule has 0 bridgehead atoms. The average molecular weight is 454 g/mol. The van der Waals surface area contributed by atoms with Crippen molar-refractivity contribution in [3.05, 3.63) is 0 Å². The number of unbranched alkanes of at least 4 members (excludes halogenated alkanes) is 22. The fourth-order valence-corrected chi connectivity index (χ4v) is 4.68. The van der Waals surface area contributed by atoms with Gasteiger partial charge in [0.2, 0.25) is 0 Å². The van der Waals surface area contributed by atoms with E-state index in [1.807, 2.05) is 0 Å². The lowest BCUT2D eigenvalue weighted by Crippen LogP contribution is -2.27. The van der Waals surface area contributed by atoms with E-state index in [1.165, 1.54) is 154 Å². The molecule has 32 heavy (non-hydrogen) atoms. The number of aliphatic hydroxyl groups is 1. The van der Waals surface area contributed by atoms with Gasteiger partial charge in [-0.3, -0.25) is 0 Å². The van der Waals surface area contributed by atoms with Gasteiger partial charge < -0.3 is 10.4 Å². The van der Waals surface area contributed by atoms with Gasteiger partial charge in [-0.15, -0.1) is 0 Å². The third-order valence-electron chi connectivity index (χ3n) is 6.98. The number of hydrogen-bond donors (Lipinski definition) is 2. The minimum Gasteiger partial charge on any atom is -0.392 e. The number of aliphatic hydroxyl groups excluding tert-OH is 1. The van der Waals surface area contributed by atoms with Crippen molar-refractivity contribution in [2.45, 2.75) is 180 Å². The number of rotatable bonds is 28. The predicted molar refractivity (Wildman–Crippen MR) is 146 cm³/mol. The van der Waals surface area contributed by atoms with E-state index in [-0.39, 0.29) is 6.10 Å². The zero-order valence-electron chi connectivity index (χ0n) is 22.6. The molecule has 0 aliphatic rings. The summed E-state index contributed by atoms with van der Waals surface area (Å²) in [7, 11) is 0. The topological polar surface area (TPSA) is 32.3 Å². The summed E-state index contributed by atoms with van der Waals surface area (Å²) in [6.07, 6.45) is 34.3. The molecule has 0 saturated heterocycles. The monoisotopic (exact) mass is 453 g/mol. The second kappa shape index (κ2) is 29.0. The molecule has 0 spiro atoms. The Kier molecular flexibility index (Phi) is 28.9. The van der Waals surface area contributed by atoms with Crippen molar-refractivity contribution in [3.8, 4) is 0 Å². The van der Waals surface area contributed by atoms with Crippen molar-refractivity contribution in [2.24, 2.45) is 0 Å². The first-order chi connectivity index (χ1) is 15.8. The maximum Gasteiger partial charge on any atom is 0.0664 e. The van der Waals surface area contributed by atoms with Crippen molar-refractivity contribution >= 4 is 0 Å². The van der Waals surface area contributed by atoms with E-state index < -0.39 is 0 Å². The van der Waals surface area contributed by atoms with Crippen LogP contribution in [-0.2, 0) is 0 Å². The molecule has 0 saturated carbocycles. The third-order valence-corrected chi connectivity index (χ3v) is 6.98. The summed E-state index contributed by atoms with van der Waals surface area (Å²) < 4.78 is 0. The Hall–Kier alpha value is -0.0800. The van der Waals surface area contributed by atoms with Crippen LogP contribution in [0.2, 0.25) is 0 Å². The molecule has 0 fully saturated rings. The van der Waals surface area contributed by atoms with Gasteiger partial charge in [-0.05, 0) is 19.4 Å². The highest BCUT2D eigenvalue weighted by Gasteiger charge is 2.03. The zero-order chi connectivity index (χ0) is 23.4. The van der Waals surface area contributed by atoms with Crippen molar-refractivity contribution in [3.63, 3.8) is 0 Å². The molecule has 0 radical (unpaired) electrons. The van der Waals surface area contributed by atoms with E-state index in [0.717, 1.165) is 19.5 Å². The molecule has 1 atom stereocenters. The molecule has 2 heteroatoms. The summed E-state index contributed by atoms with van der Waals surface area (Å²) >= 11 is 0. The van der Waals surface area contributed by atoms with E-state index in [4.69, 9.17) is 0 Å². The normalized spacial score (nSPS) is 12.5. The number of hydrogen-bond acceptors (Lipinski definition) is 2. The Morgan fingerprint density at radius 2 is 0.750 bits per heavy atom. The van der Waals surface area contributed by atoms with Crippen LogP contribution < -0.4 is 5.32 Å². The maximum atomic E-state index is 10.1. The molecule has 0 aromatic heterocycles. The highest BCUT2D eigenvalue weighted by molar-refractivity contribution is 4.60. The Bertz CT molecular complexity index is 320. The van der Waals surface area contributed by atoms with E-state index in [0.29, 0.717) is 0 Å². The van der Waals surface area contributed by atoms with Crippen LogP contribution in [0.3, 0.4) is 0 Å². The fourth-order valence-electron chi connectivity index (χ4n) is 4.68. The highest BCUT2D eigenvalue weighted by atomic mass is 16.3. The first kappa shape index (κ1) is 31.9. The molecule has 194 valence electrons. The van der Waals surface area contributed by atoms with E-state index in [1.54, 1.807) is 0 Å². The molecule has 0 rings (SSSR count).